The highest BCUT2D eigenvalue weighted by molar-refractivity contribution is 7.17. The fraction of sp³-hybridized carbons (Fsp3) is 0.421. The lowest BCUT2D eigenvalue weighted by Gasteiger charge is -2.25. The first kappa shape index (κ1) is 20.9. The third-order valence-corrected chi connectivity index (χ3v) is 5.62. The van der Waals surface area contributed by atoms with E-state index in [0.29, 0.717) is 35.3 Å². The van der Waals surface area contributed by atoms with E-state index in [-0.39, 0.29) is 18.2 Å². The largest absolute Gasteiger partial charge is 0.493 e. The van der Waals surface area contributed by atoms with E-state index in [9.17, 15) is 9.59 Å². The number of benzene rings is 1. The number of carbonyl (C=O) groups excluding carboxylic acids is 2. The van der Waals surface area contributed by atoms with Gasteiger partial charge in [0, 0.05) is 13.1 Å². The Morgan fingerprint density at radius 1 is 1.17 bits per heavy atom. The van der Waals surface area contributed by atoms with Crippen molar-refractivity contribution in [1.29, 1.82) is 0 Å². The number of thiazole rings is 1. The average Bonchev–Trinajstić information content (AvgIpc) is 3.14. The molecule has 0 bridgehead atoms. The summed E-state index contributed by atoms with van der Waals surface area (Å²) in [7, 11) is 3.08. The van der Waals surface area contributed by atoms with Crippen LogP contribution in [-0.4, -0.2) is 57.3 Å². The van der Waals surface area contributed by atoms with Crippen LogP contribution in [0.3, 0.4) is 0 Å². The molecule has 3 rings (SSSR count). The minimum absolute atomic E-state index is 0.0847. The number of amides is 2. The number of anilines is 1. The fourth-order valence-electron chi connectivity index (χ4n) is 2.89. The molecule has 0 saturated carbocycles. The quantitative estimate of drug-likeness (QED) is 0.680. The molecule has 2 amide bonds. The second-order valence-electron chi connectivity index (χ2n) is 6.38. The van der Waals surface area contributed by atoms with Crippen LogP contribution in [0.25, 0.3) is 0 Å². The molecule has 156 valence electrons. The van der Waals surface area contributed by atoms with E-state index < -0.39 is 0 Å². The summed E-state index contributed by atoms with van der Waals surface area (Å²) < 4.78 is 15.8. The van der Waals surface area contributed by atoms with Gasteiger partial charge in [0.2, 0.25) is 5.91 Å². The lowest BCUT2D eigenvalue weighted by molar-refractivity contribution is -0.121. The van der Waals surface area contributed by atoms with E-state index in [1.807, 2.05) is 0 Å². The number of hydrazine groups is 1. The first-order valence-electron chi connectivity index (χ1n) is 9.12. The topological polar surface area (TPSA) is 102 Å². The standard InChI is InChI=1S/C19H24N4O5S/c1-12-17(29-19(20-12)23-6-8-28-9-7-23)18(25)22-21-16(24)11-13-4-5-14(26-2)15(10-13)27-3/h4-5,10H,6-9,11H2,1-3H3,(H,21,24)(H,22,25). The monoisotopic (exact) mass is 420 g/mol. The Bertz CT molecular complexity index is 879. The molecule has 29 heavy (non-hydrogen) atoms. The number of ether oxygens (including phenoxy) is 3. The Kier molecular flexibility index (Phi) is 6.89. The number of morpholine rings is 1. The lowest BCUT2D eigenvalue weighted by Crippen LogP contribution is -2.42. The van der Waals surface area contributed by atoms with Crippen molar-refractivity contribution in [3.05, 3.63) is 34.3 Å². The van der Waals surface area contributed by atoms with Gasteiger partial charge in [-0.2, -0.15) is 0 Å². The molecule has 0 aliphatic carbocycles. The molecule has 1 aliphatic rings. The molecule has 2 aromatic rings. The number of aromatic nitrogens is 1. The van der Waals surface area contributed by atoms with Gasteiger partial charge < -0.3 is 19.1 Å². The van der Waals surface area contributed by atoms with E-state index in [1.54, 1.807) is 32.2 Å². The van der Waals surface area contributed by atoms with Gasteiger partial charge >= 0.3 is 0 Å². The highest BCUT2D eigenvalue weighted by atomic mass is 32.1. The molecule has 1 aromatic heterocycles. The van der Waals surface area contributed by atoms with Crippen LogP contribution < -0.4 is 25.2 Å². The Morgan fingerprint density at radius 3 is 2.59 bits per heavy atom. The second-order valence-corrected chi connectivity index (χ2v) is 7.36. The van der Waals surface area contributed by atoms with Crippen molar-refractivity contribution in [1.82, 2.24) is 15.8 Å². The molecular weight excluding hydrogens is 396 g/mol. The summed E-state index contributed by atoms with van der Waals surface area (Å²) in [4.78, 5) is 31.7. The van der Waals surface area contributed by atoms with Crippen LogP contribution in [-0.2, 0) is 16.0 Å². The van der Waals surface area contributed by atoms with Crippen molar-refractivity contribution in [3.8, 4) is 11.5 Å². The van der Waals surface area contributed by atoms with Crippen molar-refractivity contribution in [2.75, 3.05) is 45.4 Å². The molecule has 0 radical (unpaired) electrons. The highest BCUT2D eigenvalue weighted by Gasteiger charge is 2.21. The van der Waals surface area contributed by atoms with Crippen LogP contribution >= 0.6 is 11.3 Å². The van der Waals surface area contributed by atoms with Crippen LogP contribution in [0.4, 0.5) is 5.13 Å². The predicted octanol–water partition coefficient (Wildman–Crippen LogP) is 1.31. The lowest BCUT2D eigenvalue weighted by atomic mass is 10.1. The summed E-state index contributed by atoms with van der Waals surface area (Å²) in [5.41, 5.74) is 6.27. The van der Waals surface area contributed by atoms with E-state index in [2.05, 4.69) is 20.7 Å². The zero-order chi connectivity index (χ0) is 20.8. The van der Waals surface area contributed by atoms with E-state index >= 15 is 0 Å². The molecule has 9 nitrogen and oxygen atoms in total. The molecule has 0 spiro atoms. The molecule has 1 aliphatic heterocycles. The molecule has 2 heterocycles. The summed E-state index contributed by atoms with van der Waals surface area (Å²) in [6.07, 6.45) is 0.0847. The molecule has 10 heteroatoms. The van der Waals surface area contributed by atoms with Gasteiger partial charge in [-0.05, 0) is 24.6 Å². The number of methoxy groups -OCH3 is 2. The average molecular weight is 420 g/mol. The number of carbonyl (C=O) groups is 2. The van der Waals surface area contributed by atoms with Gasteiger partial charge in [0.25, 0.3) is 5.91 Å². The first-order valence-corrected chi connectivity index (χ1v) is 9.93. The van der Waals surface area contributed by atoms with Crippen LogP contribution in [0.15, 0.2) is 18.2 Å². The Labute approximate surface area is 172 Å². The van der Waals surface area contributed by atoms with Gasteiger partial charge in [-0.1, -0.05) is 17.4 Å². The highest BCUT2D eigenvalue weighted by Crippen LogP contribution is 2.28. The van der Waals surface area contributed by atoms with Gasteiger partial charge in [-0.3, -0.25) is 20.4 Å². The molecule has 2 N–H and O–H groups in total. The third-order valence-electron chi connectivity index (χ3n) is 4.40. The van der Waals surface area contributed by atoms with Crippen LogP contribution in [0, 0.1) is 6.92 Å². The van der Waals surface area contributed by atoms with Gasteiger partial charge in [0.05, 0.1) is 39.5 Å². The zero-order valence-corrected chi connectivity index (χ0v) is 17.4. The second kappa shape index (κ2) is 9.57. The summed E-state index contributed by atoms with van der Waals surface area (Å²) in [5, 5.41) is 0.785. The Balaban J connectivity index is 1.56. The smallest absolute Gasteiger partial charge is 0.281 e. The maximum absolute atomic E-state index is 12.5. The third kappa shape index (κ3) is 5.15. The van der Waals surface area contributed by atoms with Crippen molar-refractivity contribution >= 4 is 28.3 Å². The van der Waals surface area contributed by atoms with Gasteiger partial charge in [0.15, 0.2) is 16.6 Å². The predicted molar refractivity (Wildman–Crippen MR) is 109 cm³/mol. The molecule has 1 fully saturated rings. The summed E-state index contributed by atoms with van der Waals surface area (Å²) in [6.45, 7) is 4.56. The van der Waals surface area contributed by atoms with Crippen molar-refractivity contribution in [3.63, 3.8) is 0 Å². The summed E-state index contributed by atoms with van der Waals surface area (Å²) >= 11 is 1.30. The number of rotatable bonds is 6. The number of nitrogens with one attached hydrogen (secondary N) is 2. The van der Waals surface area contributed by atoms with Crippen LogP contribution in [0.2, 0.25) is 0 Å². The van der Waals surface area contributed by atoms with E-state index in [1.165, 1.54) is 18.4 Å². The van der Waals surface area contributed by atoms with E-state index in [0.717, 1.165) is 23.8 Å². The van der Waals surface area contributed by atoms with Gasteiger partial charge in [0.1, 0.15) is 4.88 Å². The zero-order valence-electron chi connectivity index (χ0n) is 16.6. The van der Waals surface area contributed by atoms with E-state index in [4.69, 9.17) is 14.2 Å². The number of nitrogens with zero attached hydrogens (tertiary/aromatic N) is 2. The maximum Gasteiger partial charge on any atom is 0.281 e. The Morgan fingerprint density at radius 2 is 1.90 bits per heavy atom. The number of hydrogen-bond donors (Lipinski definition) is 2. The normalized spacial score (nSPS) is 13.7. The molecule has 0 atom stereocenters. The first-order chi connectivity index (χ1) is 14.0. The van der Waals surface area contributed by atoms with Crippen LogP contribution in [0.1, 0.15) is 20.9 Å². The Hall–Kier alpha value is -2.85. The minimum atomic E-state index is -0.389. The van der Waals surface area contributed by atoms with Crippen molar-refractivity contribution in [2.45, 2.75) is 13.3 Å². The summed E-state index contributed by atoms with van der Waals surface area (Å²) in [5.74, 6) is 0.390. The SMILES string of the molecule is COc1ccc(CC(=O)NNC(=O)c2sc(N3CCOCC3)nc2C)cc1OC. The summed E-state index contributed by atoms with van der Waals surface area (Å²) in [6, 6.07) is 5.22. The molecule has 1 aromatic carbocycles. The minimum Gasteiger partial charge on any atom is -0.493 e. The van der Waals surface area contributed by atoms with Crippen molar-refractivity contribution in [2.24, 2.45) is 0 Å². The number of hydrogen-bond acceptors (Lipinski definition) is 8. The molecule has 0 unspecified atom stereocenters. The van der Waals surface area contributed by atoms with Crippen molar-refractivity contribution < 1.29 is 23.8 Å². The van der Waals surface area contributed by atoms with Gasteiger partial charge in [-0.15, -0.1) is 0 Å². The van der Waals surface area contributed by atoms with Gasteiger partial charge in [-0.25, -0.2) is 4.98 Å². The fourth-order valence-corrected chi connectivity index (χ4v) is 3.90. The molecular formula is C19H24N4O5S. The van der Waals surface area contributed by atoms with Crippen LogP contribution in [0.5, 0.6) is 11.5 Å². The molecule has 1 saturated heterocycles. The maximum atomic E-state index is 12.5. The number of aryl methyl sites for hydroxylation is 1.